The molecule has 1 aliphatic carbocycles. The molecule has 6 nitrogen and oxygen atoms in total. The van der Waals surface area contributed by atoms with Crippen LogP contribution in [0.5, 0.6) is 17.2 Å². The van der Waals surface area contributed by atoms with E-state index < -0.39 is 11.9 Å². The standard InChI is InChI=1S/C21H23NO5.Na/c1-11(2)16-10-13(7-8-18(16)23)27-19-12(3)9-17(22-20(24)21(25)26)14-5-4-6-15(14)19;/h7-11,23H,4-6H2,1-3H3,(H,22,24)(H,25,26);/q;+1/p-1. The fourth-order valence-corrected chi connectivity index (χ4v) is 3.50. The number of rotatable bonds is 4. The van der Waals surface area contributed by atoms with Gasteiger partial charge in [-0.05, 0) is 67.5 Å². The summed E-state index contributed by atoms with van der Waals surface area (Å²) in [5.41, 5.74) is 3.97. The van der Waals surface area contributed by atoms with Gasteiger partial charge in [0.15, 0.2) is 0 Å². The topological polar surface area (TPSA) is 98.7 Å². The molecular weight excluding hydrogens is 369 g/mol. The molecule has 0 spiro atoms. The summed E-state index contributed by atoms with van der Waals surface area (Å²) in [6, 6.07) is 6.89. The molecule has 2 N–H and O–H groups in total. The summed E-state index contributed by atoms with van der Waals surface area (Å²) in [4.78, 5) is 22.2. The summed E-state index contributed by atoms with van der Waals surface area (Å²) < 4.78 is 6.15. The number of carbonyl (C=O) groups is 2. The molecule has 0 heterocycles. The zero-order valence-electron chi connectivity index (χ0n) is 16.6. The van der Waals surface area contributed by atoms with Gasteiger partial charge >= 0.3 is 29.6 Å². The minimum Gasteiger partial charge on any atom is -0.540 e. The third-order valence-electron chi connectivity index (χ3n) is 4.81. The van der Waals surface area contributed by atoms with E-state index in [2.05, 4.69) is 5.32 Å². The van der Waals surface area contributed by atoms with Gasteiger partial charge in [0, 0.05) is 16.8 Å². The van der Waals surface area contributed by atoms with Crippen molar-refractivity contribution < 1.29 is 54.1 Å². The SMILES string of the molecule is Cc1cc(NC(=O)C(=O)[O-])c2c(c1Oc1ccc(O)c(C(C)C)c1)CCC2.[Na+]. The summed E-state index contributed by atoms with van der Waals surface area (Å²) >= 11 is 0. The molecule has 0 aliphatic heterocycles. The smallest absolute Gasteiger partial charge is 0.540 e. The number of nitrogens with one attached hydrogen (secondary N) is 1. The summed E-state index contributed by atoms with van der Waals surface area (Å²) in [6.45, 7) is 5.85. The maximum absolute atomic E-state index is 11.5. The molecular formula is C21H22NNaO5. The molecule has 0 unspecified atom stereocenters. The van der Waals surface area contributed by atoms with Gasteiger partial charge in [0.2, 0.25) is 0 Å². The molecule has 0 saturated heterocycles. The monoisotopic (exact) mass is 391 g/mol. The molecule has 0 aromatic heterocycles. The first kappa shape index (κ1) is 22.3. The zero-order valence-corrected chi connectivity index (χ0v) is 18.6. The molecule has 0 radical (unpaired) electrons. The predicted molar refractivity (Wildman–Crippen MR) is 99.1 cm³/mol. The number of carboxylic acids is 1. The van der Waals surface area contributed by atoms with Crippen LogP contribution in [0.25, 0.3) is 0 Å². The van der Waals surface area contributed by atoms with Crippen LogP contribution in [-0.2, 0) is 22.4 Å². The Morgan fingerprint density at radius 2 is 1.86 bits per heavy atom. The number of aryl methyl sites for hydroxylation is 1. The second-order valence-electron chi connectivity index (χ2n) is 7.10. The van der Waals surface area contributed by atoms with E-state index >= 15 is 0 Å². The number of hydrogen-bond acceptors (Lipinski definition) is 5. The van der Waals surface area contributed by atoms with Crippen LogP contribution in [0.1, 0.15) is 48.4 Å². The second-order valence-corrected chi connectivity index (χ2v) is 7.10. The van der Waals surface area contributed by atoms with Crippen LogP contribution in [0.2, 0.25) is 0 Å². The van der Waals surface area contributed by atoms with E-state index in [1.54, 1.807) is 18.2 Å². The Kier molecular flexibility index (Phi) is 7.15. The van der Waals surface area contributed by atoms with Crippen LogP contribution >= 0.6 is 0 Å². The summed E-state index contributed by atoms with van der Waals surface area (Å²) in [5, 5.41) is 23.2. The minimum absolute atomic E-state index is 0. The normalized spacial score (nSPS) is 12.3. The van der Waals surface area contributed by atoms with E-state index in [9.17, 15) is 19.8 Å². The molecule has 2 aromatic carbocycles. The molecule has 142 valence electrons. The number of amides is 1. The van der Waals surface area contributed by atoms with Gasteiger partial charge in [0.25, 0.3) is 5.91 Å². The predicted octanol–water partition coefficient (Wildman–Crippen LogP) is -0.203. The van der Waals surface area contributed by atoms with E-state index in [1.165, 1.54) is 0 Å². The van der Waals surface area contributed by atoms with Gasteiger partial charge in [0.1, 0.15) is 23.2 Å². The van der Waals surface area contributed by atoms with E-state index in [0.717, 1.165) is 41.5 Å². The Balaban J connectivity index is 0.00000280. The molecule has 7 heteroatoms. The second kappa shape index (κ2) is 8.99. The number of aromatic hydroxyl groups is 1. The third kappa shape index (κ3) is 4.51. The number of carboxylic acid groups (broad SMARTS) is 1. The number of benzene rings is 2. The van der Waals surface area contributed by atoms with Gasteiger partial charge in [-0.25, -0.2) is 0 Å². The van der Waals surface area contributed by atoms with Crippen molar-refractivity contribution in [1.29, 1.82) is 0 Å². The molecule has 3 rings (SSSR count). The van der Waals surface area contributed by atoms with Gasteiger partial charge in [-0.2, -0.15) is 0 Å². The van der Waals surface area contributed by atoms with Gasteiger partial charge in [-0.1, -0.05) is 13.8 Å². The van der Waals surface area contributed by atoms with Crippen LogP contribution in [0.15, 0.2) is 24.3 Å². The van der Waals surface area contributed by atoms with E-state index in [1.807, 2.05) is 26.8 Å². The van der Waals surface area contributed by atoms with Gasteiger partial charge in [-0.3, -0.25) is 4.79 Å². The van der Waals surface area contributed by atoms with Crippen molar-refractivity contribution in [2.45, 2.75) is 46.0 Å². The summed E-state index contributed by atoms with van der Waals surface area (Å²) in [7, 11) is 0. The largest absolute Gasteiger partial charge is 1.00 e. The molecule has 1 amide bonds. The summed E-state index contributed by atoms with van der Waals surface area (Å²) in [6.07, 6.45) is 2.42. The van der Waals surface area contributed by atoms with Crippen LogP contribution in [-0.4, -0.2) is 17.0 Å². The van der Waals surface area contributed by atoms with E-state index in [-0.39, 0.29) is 41.2 Å². The first-order chi connectivity index (χ1) is 12.8. The number of carbonyl (C=O) groups excluding carboxylic acids is 2. The Hall–Kier alpha value is -2.02. The van der Waals surface area contributed by atoms with Crippen molar-refractivity contribution in [3.05, 3.63) is 46.5 Å². The molecule has 1 aliphatic rings. The van der Waals surface area contributed by atoms with Crippen molar-refractivity contribution in [3.8, 4) is 17.2 Å². The fraction of sp³-hybridized carbons (Fsp3) is 0.333. The molecule has 0 bridgehead atoms. The molecule has 2 aromatic rings. The van der Waals surface area contributed by atoms with Crippen LogP contribution in [0.3, 0.4) is 0 Å². The average molecular weight is 391 g/mol. The van der Waals surface area contributed by atoms with Crippen molar-refractivity contribution in [2.24, 2.45) is 0 Å². The fourth-order valence-electron chi connectivity index (χ4n) is 3.50. The Morgan fingerprint density at radius 3 is 2.50 bits per heavy atom. The van der Waals surface area contributed by atoms with Gasteiger partial charge in [0.05, 0.1) is 0 Å². The average Bonchev–Trinajstić information content (AvgIpc) is 3.09. The van der Waals surface area contributed by atoms with Crippen LogP contribution < -0.4 is 44.7 Å². The Bertz CT molecular complexity index is 923. The number of aliphatic carboxylic acids is 1. The number of fused-ring (bicyclic) bond motifs is 1. The quantitative estimate of drug-likeness (QED) is 0.556. The van der Waals surface area contributed by atoms with Crippen molar-refractivity contribution in [2.75, 3.05) is 5.32 Å². The molecule has 28 heavy (non-hydrogen) atoms. The first-order valence-electron chi connectivity index (χ1n) is 8.96. The van der Waals surface area contributed by atoms with E-state index in [4.69, 9.17) is 4.74 Å². The molecule has 0 fully saturated rings. The number of anilines is 1. The maximum atomic E-state index is 11.5. The van der Waals surface area contributed by atoms with E-state index in [0.29, 0.717) is 17.2 Å². The van der Waals surface area contributed by atoms with Crippen LogP contribution in [0, 0.1) is 6.92 Å². The first-order valence-corrected chi connectivity index (χ1v) is 8.96. The Labute approximate surface area is 186 Å². The molecule has 0 atom stereocenters. The van der Waals surface area contributed by atoms with Crippen molar-refractivity contribution in [3.63, 3.8) is 0 Å². The zero-order chi connectivity index (χ0) is 19.7. The maximum Gasteiger partial charge on any atom is 1.00 e. The minimum atomic E-state index is -1.76. The summed E-state index contributed by atoms with van der Waals surface area (Å²) in [5.74, 6) is -1.18. The molecule has 0 saturated carbocycles. The van der Waals surface area contributed by atoms with Crippen LogP contribution in [0.4, 0.5) is 5.69 Å². The number of ether oxygens (including phenoxy) is 1. The number of phenols is 1. The number of hydrogen-bond donors (Lipinski definition) is 2. The van der Waals surface area contributed by atoms with Gasteiger partial charge < -0.3 is 25.1 Å². The van der Waals surface area contributed by atoms with Crippen molar-refractivity contribution >= 4 is 17.6 Å². The Morgan fingerprint density at radius 1 is 1.18 bits per heavy atom. The number of phenolic OH excluding ortho intramolecular Hbond substituents is 1. The van der Waals surface area contributed by atoms with Gasteiger partial charge in [-0.15, -0.1) is 0 Å². The third-order valence-corrected chi connectivity index (χ3v) is 4.81. The van der Waals surface area contributed by atoms with Crippen molar-refractivity contribution in [1.82, 2.24) is 0 Å².